The number of hydrogen-bond donors (Lipinski definition) is 4. The van der Waals surface area contributed by atoms with Gasteiger partial charge < -0.3 is 25.6 Å². The molecule has 188 valence electrons. The molecule has 0 fully saturated rings. The number of aliphatic hydroxyl groups excluding tert-OH is 1. The van der Waals surface area contributed by atoms with Crippen LogP contribution in [0.1, 0.15) is 29.9 Å². The maximum atomic E-state index is 12.7. The second kappa shape index (κ2) is 11.3. The molecule has 2 amide bonds. The Morgan fingerprint density at radius 2 is 1.51 bits per heavy atom. The lowest BCUT2D eigenvalue weighted by Crippen LogP contribution is -2.52. The first-order valence-electron chi connectivity index (χ1n) is 11.0. The van der Waals surface area contributed by atoms with Gasteiger partial charge in [0, 0.05) is 25.2 Å². The van der Waals surface area contributed by atoms with Gasteiger partial charge in [0.2, 0.25) is 5.91 Å². The van der Waals surface area contributed by atoms with Crippen LogP contribution in [0, 0.1) is 0 Å². The van der Waals surface area contributed by atoms with Crippen LogP contribution >= 0.6 is 0 Å². The number of alkyl carbamates (subject to hydrolysis) is 1. The first kappa shape index (κ1) is 26.2. The third-order valence-electron chi connectivity index (χ3n) is 5.76. The Kier molecular flexibility index (Phi) is 8.47. The number of amides is 2. The summed E-state index contributed by atoms with van der Waals surface area (Å²) in [4.78, 5) is 36.5. The van der Waals surface area contributed by atoms with Crippen LogP contribution in [0.25, 0.3) is 11.1 Å². The molecule has 2 aromatic carbocycles. The standard InChI is InChI=1S/C24H28N2O8S/c1-35(32,33)13-11-20(22(28)25-21(10-12-27)23(29)30)26-24(31)34-14-19-17-8-4-2-6-15(17)16-7-3-5-9-18(16)19/h2-9,19-21,27H,10-14H2,1H3,(H,25,28)(H,26,31)(H,29,30). The van der Waals surface area contributed by atoms with Crippen molar-refractivity contribution in [2.75, 3.05) is 25.2 Å². The number of carboxylic acid groups (broad SMARTS) is 1. The van der Waals surface area contributed by atoms with Gasteiger partial charge in [-0.25, -0.2) is 18.0 Å². The van der Waals surface area contributed by atoms with Gasteiger partial charge in [-0.3, -0.25) is 4.79 Å². The van der Waals surface area contributed by atoms with Crippen LogP contribution in [0.3, 0.4) is 0 Å². The summed E-state index contributed by atoms with van der Waals surface area (Å²) in [5, 5.41) is 22.8. The second-order valence-corrected chi connectivity index (χ2v) is 10.6. The summed E-state index contributed by atoms with van der Waals surface area (Å²) < 4.78 is 28.6. The molecule has 10 nitrogen and oxygen atoms in total. The zero-order valence-corrected chi connectivity index (χ0v) is 20.0. The molecule has 0 radical (unpaired) electrons. The van der Waals surface area contributed by atoms with E-state index in [1.807, 2.05) is 48.5 Å². The maximum absolute atomic E-state index is 12.7. The van der Waals surface area contributed by atoms with E-state index < -0.39 is 52.3 Å². The fourth-order valence-corrected chi connectivity index (χ4v) is 4.71. The molecule has 0 spiro atoms. The Morgan fingerprint density at radius 3 is 2.03 bits per heavy atom. The fourth-order valence-electron chi connectivity index (χ4n) is 4.04. The van der Waals surface area contributed by atoms with Crippen molar-refractivity contribution in [3.8, 4) is 11.1 Å². The molecule has 1 aliphatic carbocycles. The van der Waals surface area contributed by atoms with Gasteiger partial charge in [-0.05, 0) is 28.7 Å². The Labute approximate surface area is 203 Å². The van der Waals surface area contributed by atoms with Crippen LogP contribution in [0.2, 0.25) is 0 Å². The van der Waals surface area contributed by atoms with E-state index in [1.165, 1.54) is 0 Å². The molecule has 11 heteroatoms. The topological polar surface area (TPSA) is 159 Å². The van der Waals surface area contributed by atoms with Gasteiger partial charge in [0.25, 0.3) is 0 Å². The highest BCUT2D eigenvalue weighted by Gasteiger charge is 2.31. The van der Waals surface area contributed by atoms with Gasteiger partial charge >= 0.3 is 12.1 Å². The highest BCUT2D eigenvalue weighted by molar-refractivity contribution is 7.90. The number of rotatable bonds is 11. The lowest BCUT2D eigenvalue weighted by molar-refractivity contribution is -0.142. The molecule has 2 atom stereocenters. The highest BCUT2D eigenvalue weighted by atomic mass is 32.2. The van der Waals surface area contributed by atoms with E-state index in [0.29, 0.717) is 0 Å². The average Bonchev–Trinajstić information content (AvgIpc) is 3.13. The number of sulfone groups is 1. The minimum Gasteiger partial charge on any atom is -0.480 e. The Morgan fingerprint density at radius 1 is 0.943 bits per heavy atom. The van der Waals surface area contributed by atoms with Crippen molar-refractivity contribution in [1.29, 1.82) is 0 Å². The summed E-state index contributed by atoms with van der Waals surface area (Å²) in [6.07, 6.45) is -0.471. The normalized spacial score (nSPS) is 14.3. The third-order valence-corrected chi connectivity index (χ3v) is 6.74. The Balaban J connectivity index is 1.69. The molecule has 0 saturated heterocycles. The number of aliphatic carboxylic acids is 1. The monoisotopic (exact) mass is 504 g/mol. The lowest BCUT2D eigenvalue weighted by Gasteiger charge is -2.21. The van der Waals surface area contributed by atoms with E-state index in [2.05, 4.69) is 10.6 Å². The van der Waals surface area contributed by atoms with Crippen LogP contribution < -0.4 is 10.6 Å². The zero-order valence-electron chi connectivity index (χ0n) is 19.1. The van der Waals surface area contributed by atoms with Crippen LogP contribution in [0.15, 0.2) is 48.5 Å². The van der Waals surface area contributed by atoms with Crippen molar-refractivity contribution < 1.29 is 37.8 Å². The van der Waals surface area contributed by atoms with E-state index >= 15 is 0 Å². The van der Waals surface area contributed by atoms with Crippen LogP contribution in [0.5, 0.6) is 0 Å². The number of nitrogens with one attached hydrogen (secondary N) is 2. The number of aliphatic hydroxyl groups is 1. The third kappa shape index (κ3) is 6.80. The summed E-state index contributed by atoms with van der Waals surface area (Å²) in [5.41, 5.74) is 4.10. The summed E-state index contributed by atoms with van der Waals surface area (Å²) in [6, 6.07) is 12.8. The minimum atomic E-state index is -3.46. The minimum absolute atomic E-state index is 0.0114. The molecule has 1 aliphatic rings. The molecule has 2 aromatic rings. The SMILES string of the molecule is CS(=O)(=O)CCC(NC(=O)OCC1c2ccccc2-c2ccccc21)C(=O)NC(CCO)C(=O)O. The van der Waals surface area contributed by atoms with Crippen molar-refractivity contribution >= 4 is 27.8 Å². The molecule has 0 aliphatic heterocycles. The molecule has 0 heterocycles. The Hall–Kier alpha value is -3.44. The summed E-state index contributed by atoms with van der Waals surface area (Å²) in [6.45, 7) is -0.492. The zero-order chi connectivity index (χ0) is 25.6. The molecule has 0 saturated carbocycles. The number of carbonyl (C=O) groups excluding carboxylic acids is 2. The summed E-state index contributed by atoms with van der Waals surface area (Å²) in [7, 11) is -3.46. The first-order valence-corrected chi connectivity index (χ1v) is 13.1. The van der Waals surface area contributed by atoms with Gasteiger partial charge in [0.05, 0.1) is 5.75 Å². The van der Waals surface area contributed by atoms with Gasteiger partial charge in [-0.15, -0.1) is 0 Å². The van der Waals surface area contributed by atoms with Gasteiger partial charge in [-0.1, -0.05) is 48.5 Å². The molecule has 0 aromatic heterocycles. The predicted octanol–water partition coefficient (Wildman–Crippen LogP) is 1.28. The quantitative estimate of drug-likeness (QED) is 0.356. The summed E-state index contributed by atoms with van der Waals surface area (Å²) >= 11 is 0. The lowest BCUT2D eigenvalue weighted by atomic mass is 9.98. The molecule has 35 heavy (non-hydrogen) atoms. The van der Waals surface area contributed by atoms with E-state index in [0.717, 1.165) is 28.5 Å². The number of ether oxygens (including phenoxy) is 1. The number of fused-ring (bicyclic) bond motifs is 3. The highest BCUT2D eigenvalue weighted by Crippen LogP contribution is 2.44. The summed E-state index contributed by atoms with van der Waals surface area (Å²) in [5.74, 6) is -2.87. The average molecular weight is 505 g/mol. The predicted molar refractivity (Wildman–Crippen MR) is 128 cm³/mol. The van der Waals surface area contributed by atoms with Crippen molar-refractivity contribution in [2.24, 2.45) is 0 Å². The smallest absolute Gasteiger partial charge is 0.407 e. The second-order valence-electron chi connectivity index (χ2n) is 8.35. The number of benzene rings is 2. The number of carbonyl (C=O) groups is 3. The van der Waals surface area contributed by atoms with Crippen molar-refractivity contribution in [2.45, 2.75) is 30.8 Å². The fraction of sp³-hybridized carbons (Fsp3) is 0.375. The molecule has 4 N–H and O–H groups in total. The molecular formula is C24H28N2O8S. The van der Waals surface area contributed by atoms with Gasteiger partial charge in [0.15, 0.2) is 0 Å². The molecule has 3 rings (SSSR count). The van der Waals surface area contributed by atoms with E-state index in [9.17, 15) is 27.9 Å². The number of carboxylic acids is 1. The Bertz CT molecular complexity index is 1150. The van der Waals surface area contributed by atoms with E-state index in [-0.39, 0.29) is 25.4 Å². The van der Waals surface area contributed by atoms with Crippen LogP contribution in [0.4, 0.5) is 4.79 Å². The largest absolute Gasteiger partial charge is 0.480 e. The van der Waals surface area contributed by atoms with E-state index in [1.54, 1.807) is 0 Å². The van der Waals surface area contributed by atoms with Gasteiger partial charge in [-0.2, -0.15) is 0 Å². The first-order chi connectivity index (χ1) is 16.6. The number of hydrogen-bond acceptors (Lipinski definition) is 7. The maximum Gasteiger partial charge on any atom is 0.407 e. The molecule has 0 bridgehead atoms. The van der Waals surface area contributed by atoms with Crippen molar-refractivity contribution in [3.05, 3.63) is 59.7 Å². The van der Waals surface area contributed by atoms with Crippen molar-refractivity contribution in [1.82, 2.24) is 10.6 Å². The van der Waals surface area contributed by atoms with E-state index in [4.69, 9.17) is 9.84 Å². The van der Waals surface area contributed by atoms with Crippen LogP contribution in [-0.2, 0) is 24.2 Å². The molecular weight excluding hydrogens is 476 g/mol. The van der Waals surface area contributed by atoms with Crippen LogP contribution in [-0.4, -0.2) is 73.9 Å². The molecule has 2 unspecified atom stereocenters. The van der Waals surface area contributed by atoms with Gasteiger partial charge in [0.1, 0.15) is 28.5 Å². The van der Waals surface area contributed by atoms with Crippen molar-refractivity contribution in [3.63, 3.8) is 0 Å².